The molecule has 2 rings (SSSR count). The van der Waals surface area contributed by atoms with Crippen LogP contribution in [0.5, 0.6) is 0 Å². The third kappa shape index (κ3) is 2.56. The standard InChI is InChI=1S/C14H19FN2O2/c1-3-5-6-17(4-2)12-8-11-9(7-10(12)15)13(18)14(19)16-11/h7-8,13,18H,3-6H2,1-2H3,(H,16,19). The number of benzene rings is 1. The van der Waals surface area contributed by atoms with Crippen LogP contribution in [0, 0.1) is 5.82 Å². The van der Waals surface area contributed by atoms with E-state index in [1.54, 1.807) is 6.07 Å². The summed E-state index contributed by atoms with van der Waals surface area (Å²) in [5, 5.41) is 12.2. The van der Waals surface area contributed by atoms with E-state index in [2.05, 4.69) is 12.2 Å². The van der Waals surface area contributed by atoms with E-state index in [-0.39, 0.29) is 0 Å². The van der Waals surface area contributed by atoms with Crippen molar-refractivity contribution >= 4 is 17.3 Å². The lowest BCUT2D eigenvalue weighted by Crippen LogP contribution is -2.25. The van der Waals surface area contributed by atoms with Crippen molar-refractivity contribution in [2.24, 2.45) is 0 Å². The van der Waals surface area contributed by atoms with E-state index < -0.39 is 17.8 Å². The third-order valence-corrected chi connectivity index (χ3v) is 3.42. The minimum absolute atomic E-state index is 0.317. The highest BCUT2D eigenvalue weighted by atomic mass is 19.1. The Morgan fingerprint density at radius 3 is 2.79 bits per heavy atom. The number of aliphatic hydroxyl groups excluding tert-OH is 1. The van der Waals surface area contributed by atoms with E-state index in [0.29, 0.717) is 23.5 Å². The molecule has 0 saturated heterocycles. The smallest absolute Gasteiger partial charge is 0.257 e. The molecule has 5 heteroatoms. The molecule has 4 nitrogen and oxygen atoms in total. The van der Waals surface area contributed by atoms with Crippen LogP contribution in [0.3, 0.4) is 0 Å². The predicted molar refractivity (Wildman–Crippen MR) is 72.8 cm³/mol. The summed E-state index contributed by atoms with van der Waals surface area (Å²) in [6, 6.07) is 2.86. The zero-order valence-corrected chi connectivity index (χ0v) is 11.2. The van der Waals surface area contributed by atoms with Gasteiger partial charge >= 0.3 is 0 Å². The molecule has 0 spiro atoms. The number of fused-ring (bicyclic) bond motifs is 1. The van der Waals surface area contributed by atoms with E-state index in [4.69, 9.17) is 0 Å². The molecule has 19 heavy (non-hydrogen) atoms. The van der Waals surface area contributed by atoms with Crippen molar-refractivity contribution < 1.29 is 14.3 Å². The van der Waals surface area contributed by atoms with Gasteiger partial charge in [-0.15, -0.1) is 0 Å². The quantitative estimate of drug-likeness (QED) is 0.860. The van der Waals surface area contributed by atoms with Crippen LogP contribution in [0.1, 0.15) is 38.4 Å². The largest absolute Gasteiger partial charge is 0.378 e. The molecule has 0 aliphatic carbocycles. The van der Waals surface area contributed by atoms with Crippen LogP contribution in [0.2, 0.25) is 0 Å². The van der Waals surface area contributed by atoms with E-state index >= 15 is 0 Å². The number of rotatable bonds is 5. The average molecular weight is 266 g/mol. The number of anilines is 2. The van der Waals surface area contributed by atoms with Crippen molar-refractivity contribution in [2.75, 3.05) is 23.3 Å². The summed E-state index contributed by atoms with van der Waals surface area (Å²) in [5.41, 5.74) is 1.30. The molecule has 0 fully saturated rings. The fraction of sp³-hybridized carbons (Fsp3) is 0.500. The van der Waals surface area contributed by atoms with Gasteiger partial charge in [-0.1, -0.05) is 13.3 Å². The number of unbranched alkanes of at least 4 members (excludes halogenated alkanes) is 1. The van der Waals surface area contributed by atoms with E-state index in [9.17, 15) is 14.3 Å². The number of amides is 1. The van der Waals surface area contributed by atoms with Crippen LogP contribution in [0.15, 0.2) is 12.1 Å². The second kappa shape index (κ2) is 5.57. The van der Waals surface area contributed by atoms with Gasteiger partial charge in [0.1, 0.15) is 5.82 Å². The lowest BCUT2D eigenvalue weighted by Gasteiger charge is -2.24. The first-order valence-electron chi connectivity index (χ1n) is 6.65. The van der Waals surface area contributed by atoms with Gasteiger partial charge in [0.25, 0.3) is 5.91 Å². The average Bonchev–Trinajstić information content (AvgIpc) is 2.66. The topological polar surface area (TPSA) is 52.6 Å². The number of hydrogen-bond acceptors (Lipinski definition) is 3. The highest BCUT2D eigenvalue weighted by Crippen LogP contribution is 2.35. The Hall–Kier alpha value is -1.62. The molecule has 1 aromatic rings. The SMILES string of the molecule is CCCCN(CC)c1cc2c(cc1F)C(O)C(=O)N2. The van der Waals surface area contributed by atoms with Crippen molar-refractivity contribution in [2.45, 2.75) is 32.8 Å². The number of hydrogen-bond donors (Lipinski definition) is 2. The van der Waals surface area contributed by atoms with Gasteiger partial charge in [0.15, 0.2) is 6.10 Å². The summed E-state index contributed by atoms with van der Waals surface area (Å²) in [6.07, 6.45) is 0.766. The number of nitrogens with zero attached hydrogens (tertiary/aromatic N) is 1. The lowest BCUT2D eigenvalue weighted by molar-refractivity contribution is -0.123. The van der Waals surface area contributed by atoms with E-state index in [0.717, 1.165) is 19.4 Å². The monoisotopic (exact) mass is 266 g/mol. The Bertz CT molecular complexity index is 491. The molecular formula is C14H19FN2O2. The van der Waals surface area contributed by atoms with E-state index in [1.165, 1.54) is 6.07 Å². The molecule has 1 atom stereocenters. The zero-order chi connectivity index (χ0) is 14.0. The van der Waals surface area contributed by atoms with Gasteiger partial charge in [0, 0.05) is 24.3 Å². The molecule has 1 aromatic carbocycles. The maximum Gasteiger partial charge on any atom is 0.257 e. The molecule has 0 bridgehead atoms. The summed E-state index contributed by atoms with van der Waals surface area (Å²) in [7, 11) is 0. The fourth-order valence-corrected chi connectivity index (χ4v) is 2.29. The molecule has 1 unspecified atom stereocenters. The number of carbonyl (C=O) groups is 1. The summed E-state index contributed by atoms with van der Waals surface area (Å²) in [4.78, 5) is 13.3. The molecule has 1 amide bonds. The Labute approximate surface area is 112 Å². The third-order valence-electron chi connectivity index (χ3n) is 3.42. The summed E-state index contributed by atoms with van der Waals surface area (Å²) >= 11 is 0. The van der Waals surface area contributed by atoms with Crippen LogP contribution >= 0.6 is 0 Å². The molecule has 1 heterocycles. The van der Waals surface area contributed by atoms with Gasteiger partial charge in [-0.2, -0.15) is 0 Å². The van der Waals surface area contributed by atoms with Crippen molar-refractivity contribution in [1.29, 1.82) is 0 Å². The minimum Gasteiger partial charge on any atom is -0.378 e. The first-order valence-corrected chi connectivity index (χ1v) is 6.65. The fourth-order valence-electron chi connectivity index (χ4n) is 2.29. The Morgan fingerprint density at radius 1 is 1.42 bits per heavy atom. The van der Waals surface area contributed by atoms with Crippen molar-refractivity contribution in [3.05, 3.63) is 23.5 Å². The van der Waals surface area contributed by atoms with Crippen LogP contribution in [-0.4, -0.2) is 24.1 Å². The zero-order valence-electron chi connectivity index (χ0n) is 11.2. The molecule has 2 N–H and O–H groups in total. The van der Waals surface area contributed by atoms with Gasteiger partial charge in [-0.05, 0) is 25.5 Å². The second-order valence-electron chi connectivity index (χ2n) is 4.72. The normalized spacial score (nSPS) is 17.3. The van der Waals surface area contributed by atoms with Crippen molar-refractivity contribution in [1.82, 2.24) is 0 Å². The molecule has 104 valence electrons. The van der Waals surface area contributed by atoms with Crippen molar-refractivity contribution in [3.8, 4) is 0 Å². The molecule has 0 aromatic heterocycles. The summed E-state index contributed by atoms with van der Waals surface area (Å²) < 4.78 is 14.1. The number of nitrogens with one attached hydrogen (secondary N) is 1. The van der Waals surface area contributed by atoms with Crippen LogP contribution in [-0.2, 0) is 4.79 Å². The number of carbonyl (C=O) groups excluding carboxylic acids is 1. The molecular weight excluding hydrogens is 247 g/mol. The second-order valence-corrected chi connectivity index (χ2v) is 4.72. The lowest BCUT2D eigenvalue weighted by atomic mass is 10.1. The van der Waals surface area contributed by atoms with Gasteiger partial charge in [0.05, 0.1) is 5.69 Å². The Morgan fingerprint density at radius 2 is 2.16 bits per heavy atom. The van der Waals surface area contributed by atoms with Gasteiger partial charge in [-0.3, -0.25) is 4.79 Å². The predicted octanol–water partition coefficient (Wildman–Crippen LogP) is 2.44. The minimum atomic E-state index is -1.26. The number of aliphatic hydroxyl groups is 1. The molecule has 0 radical (unpaired) electrons. The summed E-state index contributed by atoms with van der Waals surface area (Å²) in [5.74, 6) is -0.893. The Balaban J connectivity index is 2.32. The first kappa shape index (κ1) is 13.8. The van der Waals surface area contributed by atoms with Crippen molar-refractivity contribution in [3.63, 3.8) is 0 Å². The highest BCUT2D eigenvalue weighted by molar-refractivity contribution is 6.02. The van der Waals surface area contributed by atoms with Gasteiger partial charge in [0.2, 0.25) is 0 Å². The van der Waals surface area contributed by atoms with E-state index in [1.807, 2.05) is 11.8 Å². The summed E-state index contributed by atoms with van der Waals surface area (Å²) in [6.45, 7) is 5.53. The van der Waals surface area contributed by atoms with Crippen LogP contribution < -0.4 is 10.2 Å². The molecule has 1 aliphatic rings. The maximum absolute atomic E-state index is 14.1. The molecule has 0 saturated carbocycles. The van der Waals surface area contributed by atoms with Gasteiger partial charge < -0.3 is 15.3 Å². The highest BCUT2D eigenvalue weighted by Gasteiger charge is 2.30. The van der Waals surface area contributed by atoms with Gasteiger partial charge in [-0.25, -0.2) is 4.39 Å². The maximum atomic E-state index is 14.1. The first-order chi connectivity index (χ1) is 9.08. The number of halogens is 1. The van der Waals surface area contributed by atoms with Crippen LogP contribution in [0.25, 0.3) is 0 Å². The molecule has 1 aliphatic heterocycles. The van der Waals surface area contributed by atoms with Crippen LogP contribution in [0.4, 0.5) is 15.8 Å². The Kier molecular flexibility index (Phi) is 4.04.